The van der Waals surface area contributed by atoms with Crippen LogP contribution in [0.1, 0.15) is 30.1 Å². The van der Waals surface area contributed by atoms with Gasteiger partial charge in [-0.3, -0.25) is 4.90 Å². The molecule has 3 rings (SSSR count). The highest BCUT2D eigenvalue weighted by Crippen LogP contribution is 2.27. The van der Waals surface area contributed by atoms with Crippen molar-refractivity contribution in [3.05, 3.63) is 70.7 Å². The van der Waals surface area contributed by atoms with Crippen molar-refractivity contribution in [2.24, 2.45) is 0 Å². The van der Waals surface area contributed by atoms with Gasteiger partial charge in [0.05, 0.1) is 13.2 Å². The number of aliphatic hydroxyl groups excluding tert-OH is 1. The fraction of sp³-hybridized carbons (Fsp3) is 0.400. The summed E-state index contributed by atoms with van der Waals surface area (Å²) in [5.74, 6) is 0. The fourth-order valence-electron chi connectivity index (χ4n) is 3.33. The Bertz CT molecular complexity index is 617. The lowest BCUT2D eigenvalue weighted by molar-refractivity contribution is 0.0503. The Morgan fingerprint density at radius 2 is 1.79 bits per heavy atom. The molecule has 128 valence electrons. The second kappa shape index (κ2) is 8.63. The molecule has 2 aromatic carbocycles. The zero-order chi connectivity index (χ0) is 16.8. The van der Waals surface area contributed by atoms with Crippen LogP contribution in [0.25, 0.3) is 0 Å². The van der Waals surface area contributed by atoms with Gasteiger partial charge in [-0.15, -0.1) is 0 Å². The van der Waals surface area contributed by atoms with Gasteiger partial charge < -0.3 is 9.84 Å². The molecule has 2 atom stereocenters. The summed E-state index contributed by atoms with van der Waals surface area (Å²) in [6, 6.07) is 18.4. The lowest BCUT2D eigenvalue weighted by atomic mass is 10.0. The van der Waals surface area contributed by atoms with Gasteiger partial charge >= 0.3 is 0 Å². The minimum Gasteiger partial charge on any atom is -0.395 e. The molecule has 0 saturated carbocycles. The van der Waals surface area contributed by atoms with E-state index in [0.29, 0.717) is 12.6 Å². The van der Waals surface area contributed by atoms with Gasteiger partial charge in [0, 0.05) is 17.6 Å². The van der Waals surface area contributed by atoms with Crippen molar-refractivity contribution in [1.82, 2.24) is 4.90 Å². The highest BCUT2D eigenvalue weighted by Gasteiger charge is 2.23. The second-order valence-corrected chi connectivity index (χ2v) is 6.66. The van der Waals surface area contributed by atoms with Crippen molar-refractivity contribution in [2.45, 2.75) is 25.0 Å². The summed E-state index contributed by atoms with van der Waals surface area (Å²) >= 11 is 6.01. The van der Waals surface area contributed by atoms with Crippen LogP contribution in [0.2, 0.25) is 5.02 Å². The molecular formula is C20H24ClNO2. The maximum absolute atomic E-state index is 9.43. The minimum absolute atomic E-state index is 0.0985. The van der Waals surface area contributed by atoms with Crippen LogP contribution in [-0.4, -0.2) is 42.4 Å². The minimum atomic E-state index is -0.0985. The third-order valence-corrected chi connectivity index (χ3v) is 4.90. The molecule has 1 unspecified atom stereocenters. The number of likely N-dealkylation sites (tertiary alicyclic amines) is 1. The number of aliphatic hydroxyl groups is 1. The van der Waals surface area contributed by atoms with E-state index in [1.165, 1.54) is 0 Å². The molecule has 0 aliphatic carbocycles. The third-order valence-electron chi connectivity index (χ3n) is 4.65. The van der Waals surface area contributed by atoms with E-state index in [2.05, 4.69) is 17.0 Å². The largest absolute Gasteiger partial charge is 0.395 e. The van der Waals surface area contributed by atoms with Crippen LogP contribution in [0, 0.1) is 0 Å². The van der Waals surface area contributed by atoms with Crippen LogP contribution in [0.3, 0.4) is 0 Å². The van der Waals surface area contributed by atoms with Gasteiger partial charge in [0.25, 0.3) is 0 Å². The first-order chi connectivity index (χ1) is 11.8. The maximum Gasteiger partial charge on any atom is 0.108 e. The fourth-order valence-corrected chi connectivity index (χ4v) is 3.46. The summed E-state index contributed by atoms with van der Waals surface area (Å²) in [4.78, 5) is 2.32. The van der Waals surface area contributed by atoms with E-state index in [-0.39, 0.29) is 12.7 Å². The Balaban J connectivity index is 1.67. The van der Waals surface area contributed by atoms with E-state index < -0.39 is 0 Å². The van der Waals surface area contributed by atoms with Crippen molar-refractivity contribution in [1.29, 1.82) is 0 Å². The third kappa shape index (κ3) is 4.37. The zero-order valence-electron chi connectivity index (χ0n) is 13.8. The smallest absolute Gasteiger partial charge is 0.108 e. The molecule has 24 heavy (non-hydrogen) atoms. The van der Waals surface area contributed by atoms with Crippen LogP contribution >= 0.6 is 11.6 Å². The van der Waals surface area contributed by atoms with Gasteiger partial charge in [-0.1, -0.05) is 54.1 Å². The molecule has 1 heterocycles. The molecule has 1 aliphatic rings. The number of ether oxygens (including phenoxy) is 1. The Morgan fingerprint density at radius 3 is 2.50 bits per heavy atom. The molecule has 1 aliphatic heterocycles. The normalized spacial score (nSPS) is 19.5. The van der Waals surface area contributed by atoms with Crippen LogP contribution < -0.4 is 0 Å². The van der Waals surface area contributed by atoms with E-state index in [0.717, 1.165) is 42.1 Å². The molecule has 0 radical (unpaired) electrons. The van der Waals surface area contributed by atoms with Crippen LogP contribution in [-0.2, 0) is 4.74 Å². The Hall–Kier alpha value is -1.39. The van der Waals surface area contributed by atoms with Crippen molar-refractivity contribution in [2.75, 3.05) is 26.3 Å². The molecule has 1 N–H and O–H groups in total. The molecular weight excluding hydrogens is 322 g/mol. The molecule has 1 fully saturated rings. The van der Waals surface area contributed by atoms with Gasteiger partial charge in [-0.25, -0.2) is 0 Å². The average Bonchev–Trinajstić information content (AvgIpc) is 3.08. The summed E-state index contributed by atoms with van der Waals surface area (Å²) < 4.78 is 6.24. The van der Waals surface area contributed by atoms with E-state index in [4.69, 9.17) is 16.3 Å². The highest BCUT2D eigenvalue weighted by molar-refractivity contribution is 6.30. The molecule has 1 saturated heterocycles. The van der Waals surface area contributed by atoms with E-state index >= 15 is 0 Å². The van der Waals surface area contributed by atoms with Crippen molar-refractivity contribution in [3.63, 3.8) is 0 Å². The Kier molecular flexibility index (Phi) is 6.27. The Labute approximate surface area is 148 Å². The standard InChI is InChI=1S/C20H24ClNO2/c21-18-10-8-17(9-11-18)20(16-5-2-1-3-6-16)24-14-13-22-12-4-7-19(22)15-23/h1-3,5-6,8-11,19-20,23H,4,7,12-15H2/t19-,20?/m1/s1. The number of hydrogen-bond acceptors (Lipinski definition) is 3. The lowest BCUT2D eigenvalue weighted by Crippen LogP contribution is -2.35. The summed E-state index contributed by atoms with van der Waals surface area (Å²) in [6.07, 6.45) is 2.14. The first-order valence-electron chi connectivity index (χ1n) is 8.55. The van der Waals surface area contributed by atoms with Gasteiger partial charge in [0.2, 0.25) is 0 Å². The molecule has 4 heteroatoms. The van der Waals surface area contributed by atoms with Crippen LogP contribution in [0.4, 0.5) is 0 Å². The van der Waals surface area contributed by atoms with Crippen molar-refractivity contribution < 1.29 is 9.84 Å². The highest BCUT2D eigenvalue weighted by atomic mass is 35.5. The van der Waals surface area contributed by atoms with Gasteiger partial charge in [0.1, 0.15) is 6.10 Å². The molecule has 3 nitrogen and oxygen atoms in total. The molecule has 0 amide bonds. The van der Waals surface area contributed by atoms with Crippen LogP contribution in [0.15, 0.2) is 54.6 Å². The molecule has 0 aromatic heterocycles. The quantitative estimate of drug-likeness (QED) is 0.826. The average molecular weight is 346 g/mol. The number of nitrogens with zero attached hydrogens (tertiary/aromatic N) is 1. The van der Waals surface area contributed by atoms with E-state index in [1.807, 2.05) is 42.5 Å². The number of benzene rings is 2. The summed E-state index contributed by atoms with van der Waals surface area (Å²) in [5.41, 5.74) is 2.24. The van der Waals surface area contributed by atoms with E-state index in [1.54, 1.807) is 0 Å². The monoisotopic (exact) mass is 345 g/mol. The zero-order valence-corrected chi connectivity index (χ0v) is 14.5. The summed E-state index contributed by atoms with van der Waals surface area (Å²) in [7, 11) is 0. The van der Waals surface area contributed by atoms with Crippen molar-refractivity contribution >= 4 is 11.6 Å². The van der Waals surface area contributed by atoms with Crippen LogP contribution in [0.5, 0.6) is 0 Å². The first kappa shape index (κ1) is 17.4. The number of rotatable bonds is 7. The maximum atomic E-state index is 9.43. The summed E-state index contributed by atoms with van der Waals surface area (Å²) in [5, 5.41) is 10.2. The van der Waals surface area contributed by atoms with Crippen molar-refractivity contribution in [3.8, 4) is 0 Å². The molecule has 0 bridgehead atoms. The van der Waals surface area contributed by atoms with Gasteiger partial charge in [-0.05, 0) is 42.6 Å². The predicted molar refractivity (Wildman–Crippen MR) is 97.4 cm³/mol. The van der Waals surface area contributed by atoms with E-state index in [9.17, 15) is 5.11 Å². The first-order valence-corrected chi connectivity index (χ1v) is 8.92. The second-order valence-electron chi connectivity index (χ2n) is 6.23. The van der Waals surface area contributed by atoms with Gasteiger partial charge in [-0.2, -0.15) is 0 Å². The number of halogens is 1. The summed E-state index contributed by atoms with van der Waals surface area (Å²) in [6.45, 7) is 2.77. The topological polar surface area (TPSA) is 32.7 Å². The number of hydrogen-bond donors (Lipinski definition) is 1. The lowest BCUT2D eigenvalue weighted by Gasteiger charge is -2.25. The Morgan fingerprint density at radius 1 is 1.08 bits per heavy atom. The van der Waals surface area contributed by atoms with Gasteiger partial charge in [0.15, 0.2) is 0 Å². The SMILES string of the molecule is OC[C@H]1CCCN1CCOC(c1ccccc1)c1ccc(Cl)cc1. The predicted octanol–water partition coefficient (Wildman–Crippen LogP) is 3.90. The molecule has 0 spiro atoms. The molecule has 2 aromatic rings.